The fraction of sp³-hybridized carbons (Fsp3) is 0.333. The lowest BCUT2D eigenvalue weighted by Crippen LogP contribution is -2.52. The van der Waals surface area contributed by atoms with Gasteiger partial charge in [0, 0.05) is 46.1 Å². The highest BCUT2D eigenvalue weighted by atomic mass is 35.5. The summed E-state index contributed by atoms with van der Waals surface area (Å²) in [6.45, 7) is 0.277. The number of carbonyl (C=O) groups excluding carboxylic acids is 2. The number of carbonyl (C=O) groups is 2. The van der Waals surface area contributed by atoms with Crippen molar-refractivity contribution < 1.29 is 9.59 Å². The van der Waals surface area contributed by atoms with Crippen LogP contribution in [0.4, 0.5) is 0 Å². The zero-order valence-electron chi connectivity index (χ0n) is 20.7. The van der Waals surface area contributed by atoms with Gasteiger partial charge in [0.05, 0.1) is 0 Å². The summed E-state index contributed by atoms with van der Waals surface area (Å²) in [7, 11) is 0. The number of nitrogens with zero attached hydrogens (tertiary/aromatic N) is 1. The van der Waals surface area contributed by atoms with E-state index in [1.807, 2.05) is 78.9 Å². The molecule has 37 heavy (non-hydrogen) atoms. The van der Waals surface area contributed by atoms with E-state index in [-0.39, 0.29) is 24.4 Å². The Morgan fingerprint density at radius 2 is 1.59 bits per heavy atom. The summed E-state index contributed by atoms with van der Waals surface area (Å²) in [6.07, 6.45) is 4.97. The summed E-state index contributed by atoms with van der Waals surface area (Å²) < 4.78 is 0. The van der Waals surface area contributed by atoms with Crippen LogP contribution in [0.2, 0.25) is 10.0 Å². The smallest absolute Gasteiger partial charge is 0.243 e. The van der Waals surface area contributed by atoms with Gasteiger partial charge in [-0.1, -0.05) is 84.6 Å². The van der Waals surface area contributed by atoms with Crippen molar-refractivity contribution in [1.29, 1.82) is 0 Å². The second-order valence-corrected chi connectivity index (χ2v) is 11.4. The summed E-state index contributed by atoms with van der Waals surface area (Å²) in [5, 5.41) is 4.51. The number of hydrogen-bond donors (Lipinski definition) is 1. The van der Waals surface area contributed by atoms with Crippen molar-refractivity contribution in [2.24, 2.45) is 0 Å². The Morgan fingerprint density at radius 3 is 2.30 bits per heavy atom. The Kier molecular flexibility index (Phi) is 10.4. The predicted octanol–water partition coefficient (Wildman–Crippen LogP) is 7.17. The molecule has 3 aromatic carbocycles. The minimum Gasteiger partial charge on any atom is -0.352 e. The van der Waals surface area contributed by atoms with E-state index >= 15 is 0 Å². The number of benzene rings is 3. The molecule has 3 aromatic rings. The molecular formula is C30H32Cl2N2O2S. The third-order valence-corrected chi connectivity index (χ3v) is 8.30. The van der Waals surface area contributed by atoms with Gasteiger partial charge in [0.2, 0.25) is 11.8 Å². The highest BCUT2D eigenvalue weighted by Gasteiger charge is 2.32. The fourth-order valence-corrected chi connectivity index (χ4v) is 5.82. The third-order valence-electron chi connectivity index (χ3n) is 6.67. The van der Waals surface area contributed by atoms with Gasteiger partial charge >= 0.3 is 0 Å². The predicted molar refractivity (Wildman–Crippen MR) is 153 cm³/mol. The quantitative estimate of drug-likeness (QED) is 0.255. The summed E-state index contributed by atoms with van der Waals surface area (Å²) >= 11 is 14.1. The monoisotopic (exact) mass is 554 g/mol. The van der Waals surface area contributed by atoms with E-state index in [1.165, 1.54) is 0 Å². The topological polar surface area (TPSA) is 49.4 Å². The van der Waals surface area contributed by atoms with Crippen molar-refractivity contribution in [2.45, 2.75) is 62.0 Å². The number of rotatable bonds is 11. The lowest BCUT2D eigenvalue weighted by Gasteiger charge is -2.32. The summed E-state index contributed by atoms with van der Waals surface area (Å²) in [5.41, 5.74) is 1.84. The highest BCUT2D eigenvalue weighted by molar-refractivity contribution is 7.99. The van der Waals surface area contributed by atoms with Gasteiger partial charge < -0.3 is 10.2 Å². The minimum absolute atomic E-state index is 0.0658. The maximum absolute atomic E-state index is 13.7. The first-order valence-corrected chi connectivity index (χ1v) is 14.5. The van der Waals surface area contributed by atoms with Crippen molar-refractivity contribution in [3.63, 3.8) is 0 Å². The summed E-state index contributed by atoms with van der Waals surface area (Å²) in [4.78, 5) is 30.2. The van der Waals surface area contributed by atoms with Crippen LogP contribution in [0.1, 0.15) is 43.2 Å². The van der Waals surface area contributed by atoms with E-state index in [2.05, 4.69) is 5.32 Å². The van der Waals surface area contributed by atoms with Gasteiger partial charge in [-0.15, -0.1) is 11.8 Å². The van der Waals surface area contributed by atoms with Crippen LogP contribution in [0.3, 0.4) is 0 Å². The number of hydrogen-bond acceptors (Lipinski definition) is 3. The Hall–Kier alpha value is -2.47. The van der Waals surface area contributed by atoms with Crippen molar-refractivity contribution in [1.82, 2.24) is 10.2 Å². The van der Waals surface area contributed by atoms with E-state index in [1.54, 1.807) is 16.7 Å². The molecule has 0 unspecified atom stereocenters. The van der Waals surface area contributed by atoms with E-state index in [4.69, 9.17) is 23.2 Å². The molecule has 0 bridgehead atoms. The first-order valence-electron chi connectivity index (χ1n) is 12.7. The Balaban J connectivity index is 1.56. The number of halogens is 2. The zero-order chi connectivity index (χ0) is 26.0. The van der Waals surface area contributed by atoms with Gasteiger partial charge in [0.1, 0.15) is 6.04 Å². The maximum atomic E-state index is 13.7. The number of thioether (sulfide) groups is 1. The molecule has 1 saturated carbocycles. The van der Waals surface area contributed by atoms with Gasteiger partial charge in [-0.05, 0) is 54.3 Å². The molecule has 0 aromatic heterocycles. The number of amides is 2. The molecule has 0 aliphatic heterocycles. The minimum atomic E-state index is -0.632. The molecule has 1 fully saturated rings. The molecule has 7 heteroatoms. The van der Waals surface area contributed by atoms with Crippen molar-refractivity contribution in [3.05, 3.63) is 100 Å². The average Bonchev–Trinajstić information content (AvgIpc) is 3.42. The molecule has 4 nitrogen and oxygen atoms in total. The van der Waals surface area contributed by atoms with Crippen LogP contribution in [0.5, 0.6) is 0 Å². The van der Waals surface area contributed by atoms with E-state index in [0.717, 1.165) is 41.7 Å². The standard InChI is InChI=1S/C30H32Cl2N2O2S/c31-24-14-16-26(17-15-24)37-19-18-29(35)34(21-23-10-4-7-13-27(23)32)28(20-22-8-2-1-3-9-22)30(36)33-25-11-5-6-12-25/h1-4,7-10,13-17,25,28H,5-6,11-12,18-21H2,(H,33,36)/t28-/m1/s1. The molecule has 194 valence electrons. The number of nitrogens with one attached hydrogen (secondary N) is 1. The molecule has 0 spiro atoms. The SMILES string of the molecule is O=C(NC1CCCC1)[C@@H](Cc1ccccc1)N(Cc1ccccc1Cl)C(=O)CCSc1ccc(Cl)cc1. The van der Waals surface area contributed by atoms with Gasteiger partial charge in [-0.25, -0.2) is 0 Å². The second kappa shape index (κ2) is 13.9. The first-order chi connectivity index (χ1) is 18.0. The van der Waals surface area contributed by atoms with Crippen molar-refractivity contribution in [3.8, 4) is 0 Å². The average molecular weight is 556 g/mol. The second-order valence-electron chi connectivity index (χ2n) is 9.36. The lowest BCUT2D eigenvalue weighted by molar-refractivity contribution is -0.141. The van der Waals surface area contributed by atoms with Gasteiger partial charge in [-0.3, -0.25) is 9.59 Å². The molecule has 4 rings (SSSR count). The van der Waals surface area contributed by atoms with E-state index < -0.39 is 6.04 Å². The summed E-state index contributed by atoms with van der Waals surface area (Å²) in [6, 6.07) is 24.5. The third kappa shape index (κ3) is 8.26. The molecule has 1 aliphatic rings. The molecule has 0 heterocycles. The highest BCUT2D eigenvalue weighted by Crippen LogP contribution is 2.25. The van der Waals surface area contributed by atoms with Gasteiger partial charge in [-0.2, -0.15) is 0 Å². The van der Waals surface area contributed by atoms with E-state index in [0.29, 0.717) is 28.6 Å². The first kappa shape index (κ1) is 27.6. The largest absolute Gasteiger partial charge is 0.352 e. The van der Waals surface area contributed by atoms with Gasteiger partial charge in [0.25, 0.3) is 0 Å². The Labute approximate surface area is 233 Å². The van der Waals surface area contributed by atoms with Gasteiger partial charge in [0.15, 0.2) is 0 Å². The molecule has 2 amide bonds. The van der Waals surface area contributed by atoms with Crippen LogP contribution in [-0.4, -0.2) is 34.6 Å². The van der Waals surface area contributed by atoms with Crippen molar-refractivity contribution >= 4 is 46.8 Å². The summed E-state index contributed by atoms with van der Waals surface area (Å²) in [5.74, 6) is 0.437. The molecule has 1 aliphatic carbocycles. The molecule has 1 N–H and O–H groups in total. The zero-order valence-corrected chi connectivity index (χ0v) is 23.1. The van der Waals surface area contributed by atoms with Crippen molar-refractivity contribution in [2.75, 3.05) is 5.75 Å². The van der Waals surface area contributed by atoms with Crippen LogP contribution in [-0.2, 0) is 22.6 Å². The molecule has 0 radical (unpaired) electrons. The van der Waals surface area contributed by atoms with Crippen LogP contribution in [0, 0.1) is 0 Å². The van der Waals surface area contributed by atoms with Crippen LogP contribution >= 0.6 is 35.0 Å². The Morgan fingerprint density at radius 1 is 0.919 bits per heavy atom. The molecule has 0 saturated heterocycles. The molecule has 1 atom stereocenters. The Bertz CT molecular complexity index is 1170. The maximum Gasteiger partial charge on any atom is 0.243 e. The molecular weight excluding hydrogens is 523 g/mol. The lowest BCUT2D eigenvalue weighted by atomic mass is 10.0. The van der Waals surface area contributed by atoms with Crippen LogP contribution < -0.4 is 5.32 Å². The normalized spacial score (nSPS) is 14.3. The van der Waals surface area contributed by atoms with E-state index in [9.17, 15) is 9.59 Å². The van der Waals surface area contributed by atoms with Crippen LogP contribution in [0.25, 0.3) is 0 Å². The van der Waals surface area contributed by atoms with Crippen LogP contribution in [0.15, 0.2) is 83.8 Å². The fourth-order valence-electron chi connectivity index (χ4n) is 4.66.